The van der Waals surface area contributed by atoms with Crippen molar-refractivity contribution in [2.45, 2.75) is 87.9 Å². The monoisotopic (exact) mass is 599 g/mol. The van der Waals surface area contributed by atoms with E-state index in [4.69, 9.17) is 10.7 Å². The molecule has 1 aliphatic heterocycles. The summed E-state index contributed by atoms with van der Waals surface area (Å²) in [6.45, 7) is 6.44. The van der Waals surface area contributed by atoms with Crippen molar-refractivity contribution in [2.24, 2.45) is 11.7 Å². The molecule has 10 heteroatoms. The maximum Gasteiger partial charge on any atom is 0.243 e. The van der Waals surface area contributed by atoms with E-state index in [1.165, 1.54) is 41.3 Å². The number of fused-ring (bicyclic) bond motifs is 1. The molecule has 2 heterocycles. The number of rotatable bonds is 12. The molecular formula is C31H45N5O3S2. The van der Waals surface area contributed by atoms with Gasteiger partial charge in [0.15, 0.2) is 5.13 Å². The van der Waals surface area contributed by atoms with Gasteiger partial charge in [-0.1, -0.05) is 68.4 Å². The summed E-state index contributed by atoms with van der Waals surface area (Å²) < 4.78 is 29.9. The first-order valence-electron chi connectivity index (χ1n) is 15.1. The van der Waals surface area contributed by atoms with Crippen LogP contribution < -0.4 is 11.1 Å². The Balaban J connectivity index is 1.25. The van der Waals surface area contributed by atoms with E-state index in [1.807, 2.05) is 44.2 Å². The molecule has 1 saturated carbocycles. The van der Waals surface area contributed by atoms with Gasteiger partial charge in [-0.15, -0.1) is 0 Å². The molecule has 0 radical (unpaired) electrons. The first kappa shape index (κ1) is 30.4. The number of sulfonamides is 1. The van der Waals surface area contributed by atoms with Crippen LogP contribution in [0.5, 0.6) is 0 Å². The van der Waals surface area contributed by atoms with E-state index in [2.05, 4.69) is 10.2 Å². The molecular weight excluding hydrogens is 555 g/mol. The van der Waals surface area contributed by atoms with E-state index in [9.17, 15) is 13.5 Å². The highest BCUT2D eigenvalue weighted by Crippen LogP contribution is 2.32. The number of nitrogens with one attached hydrogen (secondary N) is 1. The summed E-state index contributed by atoms with van der Waals surface area (Å²) >= 11 is 1.50. The number of anilines is 1. The van der Waals surface area contributed by atoms with Crippen molar-refractivity contribution in [3.05, 3.63) is 54.1 Å². The Kier molecular flexibility index (Phi) is 9.99. The quantitative estimate of drug-likeness (QED) is 0.277. The molecule has 0 spiro atoms. The molecule has 0 amide bonds. The topological polar surface area (TPSA) is 112 Å². The number of aliphatic hydroxyl groups excluding tert-OH is 1. The normalized spacial score (nSPS) is 19.4. The molecule has 2 unspecified atom stereocenters. The van der Waals surface area contributed by atoms with Crippen molar-refractivity contribution in [3.63, 3.8) is 0 Å². The van der Waals surface area contributed by atoms with Crippen molar-refractivity contribution in [3.8, 4) is 0 Å². The van der Waals surface area contributed by atoms with Crippen LogP contribution in [-0.4, -0.2) is 78.1 Å². The molecule has 0 bridgehead atoms. The van der Waals surface area contributed by atoms with Gasteiger partial charge in [-0.2, -0.15) is 4.31 Å². The van der Waals surface area contributed by atoms with Gasteiger partial charge >= 0.3 is 0 Å². The Morgan fingerprint density at radius 2 is 1.78 bits per heavy atom. The van der Waals surface area contributed by atoms with Gasteiger partial charge in [-0.3, -0.25) is 0 Å². The summed E-state index contributed by atoms with van der Waals surface area (Å²) in [5.74, 6) is 0.0883. The molecule has 8 nitrogen and oxygen atoms in total. The lowest BCUT2D eigenvalue weighted by Gasteiger charge is -2.36. The van der Waals surface area contributed by atoms with Crippen LogP contribution in [0.25, 0.3) is 10.2 Å². The minimum atomic E-state index is -3.85. The Morgan fingerprint density at radius 1 is 1.07 bits per heavy atom. The zero-order chi connectivity index (χ0) is 29.0. The van der Waals surface area contributed by atoms with Gasteiger partial charge in [-0.25, -0.2) is 13.4 Å². The molecule has 2 aliphatic rings. The highest BCUT2D eigenvalue weighted by Gasteiger charge is 2.31. The molecule has 2 atom stereocenters. The van der Waals surface area contributed by atoms with Gasteiger partial charge in [0.1, 0.15) is 0 Å². The molecule has 5 rings (SSSR count). The van der Waals surface area contributed by atoms with Gasteiger partial charge in [-0.05, 0) is 61.8 Å². The van der Waals surface area contributed by atoms with E-state index < -0.39 is 22.2 Å². The summed E-state index contributed by atoms with van der Waals surface area (Å²) in [5, 5.41) is 15.4. The highest BCUT2D eigenvalue weighted by molar-refractivity contribution is 7.89. The SMILES string of the molecule is CC(C)CN(CC(O)C(N)Cc1ccccc1)S(=O)(=O)c1ccc2nc(NC3CCN(C4CCCC4)CC3)sc2c1. The second kappa shape index (κ2) is 13.5. The van der Waals surface area contributed by atoms with E-state index in [0.717, 1.165) is 52.9 Å². The average Bonchev–Trinajstić information content (AvgIpc) is 3.63. The van der Waals surface area contributed by atoms with Crippen LogP contribution in [0.1, 0.15) is 57.9 Å². The number of aromatic nitrogens is 1. The molecule has 2 fully saturated rings. The van der Waals surface area contributed by atoms with Crippen molar-refractivity contribution in [1.82, 2.24) is 14.2 Å². The number of piperidine rings is 1. The second-order valence-corrected chi connectivity index (χ2v) is 15.1. The number of nitrogens with two attached hydrogens (primary N) is 1. The van der Waals surface area contributed by atoms with E-state index in [0.29, 0.717) is 19.0 Å². The van der Waals surface area contributed by atoms with Crippen molar-refractivity contribution < 1.29 is 13.5 Å². The predicted molar refractivity (Wildman–Crippen MR) is 168 cm³/mol. The molecule has 1 aliphatic carbocycles. The maximum absolute atomic E-state index is 13.8. The van der Waals surface area contributed by atoms with Crippen molar-refractivity contribution in [2.75, 3.05) is 31.5 Å². The third-order valence-corrected chi connectivity index (χ3v) is 11.2. The van der Waals surface area contributed by atoms with Crippen LogP contribution in [0.3, 0.4) is 0 Å². The first-order valence-corrected chi connectivity index (χ1v) is 17.3. The molecule has 2 aromatic carbocycles. The standard InChI is InChI=1S/C31H45N5O3S2/c1-22(2)20-36(21-29(37)27(32)18-23-8-4-3-5-9-23)41(38,39)26-12-13-28-30(19-26)40-31(34-28)33-24-14-16-35(17-15-24)25-10-6-7-11-25/h3-5,8-9,12-13,19,22,24-25,27,29,37H,6-7,10-11,14-18,20-21,32H2,1-2H3,(H,33,34). The van der Waals surface area contributed by atoms with Crippen LogP contribution >= 0.6 is 11.3 Å². The number of hydrogen-bond donors (Lipinski definition) is 3. The first-order chi connectivity index (χ1) is 19.7. The lowest BCUT2D eigenvalue weighted by molar-refractivity contribution is 0.116. The van der Waals surface area contributed by atoms with E-state index in [1.54, 1.807) is 18.2 Å². The molecule has 41 heavy (non-hydrogen) atoms. The number of aliphatic hydroxyl groups is 1. The molecule has 1 saturated heterocycles. The Labute approximate surface area is 249 Å². The minimum absolute atomic E-state index is 0.0540. The number of thiazole rings is 1. The van der Waals surface area contributed by atoms with Gasteiger partial charge < -0.3 is 21.1 Å². The fourth-order valence-electron chi connectivity index (χ4n) is 6.17. The van der Waals surface area contributed by atoms with Crippen LogP contribution in [0.2, 0.25) is 0 Å². The van der Waals surface area contributed by atoms with Crippen LogP contribution in [0.15, 0.2) is 53.4 Å². The zero-order valence-corrected chi connectivity index (χ0v) is 25.9. The lowest BCUT2D eigenvalue weighted by Crippen LogP contribution is -2.47. The predicted octanol–water partition coefficient (Wildman–Crippen LogP) is 4.69. The van der Waals surface area contributed by atoms with Crippen LogP contribution in [0, 0.1) is 5.92 Å². The zero-order valence-electron chi connectivity index (χ0n) is 24.3. The molecule has 1 aromatic heterocycles. The summed E-state index contributed by atoms with van der Waals surface area (Å²) in [6.07, 6.45) is 7.10. The molecule has 3 aromatic rings. The summed E-state index contributed by atoms with van der Waals surface area (Å²) in [7, 11) is -3.85. The minimum Gasteiger partial charge on any atom is -0.390 e. The third kappa shape index (κ3) is 7.66. The van der Waals surface area contributed by atoms with Gasteiger partial charge in [0.05, 0.1) is 21.2 Å². The molecule has 4 N–H and O–H groups in total. The number of hydrogen-bond acceptors (Lipinski definition) is 8. The summed E-state index contributed by atoms with van der Waals surface area (Å²) in [4.78, 5) is 7.64. The highest BCUT2D eigenvalue weighted by atomic mass is 32.2. The van der Waals surface area contributed by atoms with E-state index in [-0.39, 0.29) is 17.4 Å². The second-order valence-electron chi connectivity index (χ2n) is 12.2. The number of likely N-dealkylation sites (tertiary alicyclic amines) is 1. The Morgan fingerprint density at radius 3 is 2.46 bits per heavy atom. The Bertz CT molecular complexity index is 1370. The van der Waals surface area contributed by atoms with Crippen molar-refractivity contribution in [1.29, 1.82) is 0 Å². The van der Waals surface area contributed by atoms with Crippen molar-refractivity contribution >= 4 is 36.7 Å². The largest absolute Gasteiger partial charge is 0.390 e. The van der Waals surface area contributed by atoms with Gasteiger partial charge in [0, 0.05) is 44.3 Å². The smallest absolute Gasteiger partial charge is 0.243 e. The number of nitrogens with zero attached hydrogens (tertiary/aromatic N) is 3. The Hall–Kier alpha value is -2.08. The van der Waals surface area contributed by atoms with Gasteiger partial charge in [0.25, 0.3) is 0 Å². The lowest BCUT2D eigenvalue weighted by atomic mass is 10.0. The van der Waals surface area contributed by atoms with Crippen LogP contribution in [0.4, 0.5) is 5.13 Å². The van der Waals surface area contributed by atoms with E-state index >= 15 is 0 Å². The maximum atomic E-state index is 13.8. The summed E-state index contributed by atoms with van der Waals surface area (Å²) in [5.41, 5.74) is 8.12. The fourth-order valence-corrected chi connectivity index (χ4v) is 8.88. The van der Waals surface area contributed by atoms with Gasteiger partial charge in [0.2, 0.25) is 10.0 Å². The summed E-state index contributed by atoms with van der Waals surface area (Å²) in [6, 6.07) is 15.4. The number of benzene rings is 2. The average molecular weight is 600 g/mol. The fraction of sp³-hybridized carbons (Fsp3) is 0.581. The molecule has 224 valence electrons. The van der Waals surface area contributed by atoms with Crippen LogP contribution in [-0.2, 0) is 16.4 Å². The third-order valence-electron chi connectivity index (χ3n) is 8.46.